The minimum absolute atomic E-state index is 0.301. The molecule has 0 aliphatic carbocycles. The summed E-state index contributed by atoms with van der Waals surface area (Å²) in [6.07, 6.45) is 0.301. The predicted octanol–water partition coefficient (Wildman–Crippen LogP) is 3.05. The van der Waals surface area contributed by atoms with E-state index in [9.17, 15) is 14.4 Å². The molecule has 1 saturated heterocycles. The minimum atomic E-state index is -1.24. The molecule has 7 heteroatoms. The van der Waals surface area contributed by atoms with E-state index in [1.807, 2.05) is 78.2 Å². The fourth-order valence-electron chi connectivity index (χ4n) is 3.61. The maximum Gasteiger partial charge on any atom is 0.325 e. The Kier molecular flexibility index (Phi) is 5.63. The van der Waals surface area contributed by atoms with Gasteiger partial charge in [-0.15, -0.1) is 11.3 Å². The van der Waals surface area contributed by atoms with E-state index in [2.05, 4.69) is 10.6 Å². The molecule has 30 heavy (non-hydrogen) atoms. The fourth-order valence-corrected chi connectivity index (χ4v) is 4.25. The van der Waals surface area contributed by atoms with E-state index in [1.54, 1.807) is 0 Å². The molecular weight excluding hydrogens is 398 g/mol. The van der Waals surface area contributed by atoms with Crippen LogP contribution in [0.15, 0.2) is 78.2 Å². The number of thiophene rings is 1. The highest BCUT2D eigenvalue weighted by molar-refractivity contribution is 7.09. The van der Waals surface area contributed by atoms with Crippen LogP contribution in [-0.2, 0) is 28.1 Å². The molecule has 1 aliphatic rings. The van der Waals surface area contributed by atoms with Crippen LogP contribution in [0.2, 0.25) is 0 Å². The fraction of sp³-hybridized carbons (Fsp3) is 0.174. The number of imide groups is 1. The van der Waals surface area contributed by atoms with E-state index in [-0.39, 0.29) is 12.5 Å². The number of nitrogens with zero attached hydrogens (tertiary/aromatic N) is 1. The average Bonchev–Trinajstić information content (AvgIpc) is 3.37. The van der Waals surface area contributed by atoms with Gasteiger partial charge in [-0.05, 0) is 22.6 Å². The summed E-state index contributed by atoms with van der Waals surface area (Å²) in [5.41, 5.74) is 0.362. The molecule has 6 nitrogen and oxygen atoms in total. The van der Waals surface area contributed by atoms with Crippen LogP contribution in [0.5, 0.6) is 0 Å². The first-order chi connectivity index (χ1) is 14.6. The highest BCUT2D eigenvalue weighted by atomic mass is 32.1. The number of amides is 4. The Bertz CT molecular complexity index is 1040. The quantitative estimate of drug-likeness (QED) is 0.578. The van der Waals surface area contributed by atoms with E-state index in [0.717, 1.165) is 15.3 Å². The van der Waals surface area contributed by atoms with Crippen LogP contribution in [0.3, 0.4) is 0 Å². The van der Waals surface area contributed by atoms with Gasteiger partial charge in [0.1, 0.15) is 6.54 Å². The van der Waals surface area contributed by atoms with Crippen molar-refractivity contribution in [3.63, 3.8) is 0 Å². The van der Waals surface area contributed by atoms with Gasteiger partial charge in [-0.3, -0.25) is 14.5 Å². The Morgan fingerprint density at radius 1 is 0.967 bits per heavy atom. The standard InChI is InChI=1S/C23H21N3O3S/c27-20(24-15-19-12-7-13-30-19)16-26-21(28)23(25-22(26)29,18-10-5-2-6-11-18)14-17-8-3-1-4-9-17/h1-13H,14-16H2,(H,24,27)(H,25,29)/t23-/m0/s1. The Hall–Kier alpha value is -3.45. The Morgan fingerprint density at radius 3 is 2.33 bits per heavy atom. The lowest BCUT2D eigenvalue weighted by atomic mass is 9.83. The molecule has 1 aromatic heterocycles. The first-order valence-corrected chi connectivity index (χ1v) is 10.5. The summed E-state index contributed by atoms with van der Waals surface area (Å²) in [5, 5.41) is 7.56. The Balaban J connectivity index is 1.56. The SMILES string of the molecule is O=C(CN1C(=O)N[C@@](Cc2ccccc2)(c2ccccc2)C1=O)NCc1cccs1. The van der Waals surface area contributed by atoms with Gasteiger partial charge >= 0.3 is 6.03 Å². The van der Waals surface area contributed by atoms with Crippen molar-refractivity contribution in [2.75, 3.05) is 6.54 Å². The zero-order valence-corrected chi connectivity index (χ0v) is 17.0. The first kappa shape index (κ1) is 19.8. The molecule has 1 aliphatic heterocycles. The molecule has 4 amide bonds. The summed E-state index contributed by atoms with van der Waals surface area (Å²) in [7, 11) is 0. The zero-order chi connectivity index (χ0) is 21.0. The summed E-state index contributed by atoms with van der Waals surface area (Å²) in [5.74, 6) is -0.802. The Morgan fingerprint density at radius 2 is 1.67 bits per heavy atom. The van der Waals surface area contributed by atoms with Gasteiger partial charge < -0.3 is 10.6 Å². The van der Waals surface area contributed by atoms with Crippen LogP contribution in [0.25, 0.3) is 0 Å². The highest BCUT2D eigenvalue weighted by Gasteiger charge is 2.52. The lowest BCUT2D eigenvalue weighted by Crippen LogP contribution is -2.46. The number of hydrogen-bond donors (Lipinski definition) is 2. The van der Waals surface area contributed by atoms with Gasteiger partial charge in [0, 0.05) is 11.3 Å². The maximum absolute atomic E-state index is 13.5. The summed E-state index contributed by atoms with van der Waals surface area (Å²) in [4.78, 5) is 40.6. The zero-order valence-electron chi connectivity index (χ0n) is 16.2. The molecule has 2 heterocycles. The van der Waals surface area contributed by atoms with Crippen LogP contribution in [-0.4, -0.2) is 29.3 Å². The summed E-state index contributed by atoms with van der Waals surface area (Å²) in [6.45, 7) is 0.0490. The number of hydrogen-bond acceptors (Lipinski definition) is 4. The van der Waals surface area contributed by atoms with Gasteiger partial charge in [0.15, 0.2) is 5.54 Å². The molecule has 0 bridgehead atoms. The molecule has 1 fully saturated rings. The van der Waals surface area contributed by atoms with E-state index < -0.39 is 17.5 Å². The van der Waals surface area contributed by atoms with Crippen molar-refractivity contribution in [1.82, 2.24) is 15.5 Å². The van der Waals surface area contributed by atoms with Gasteiger partial charge in [0.05, 0.1) is 6.54 Å². The largest absolute Gasteiger partial charge is 0.350 e. The number of rotatable bonds is 7. The van der Waals surface area contributed by atoms with Crippen LogP contribution < -0.4 is 10.6 Å². The van der Waals surface area contributed by atoms with Crippen molar-refractivity contribution >= 4 is 29.2 Å². The average molecular weight is 420 g/mol. The monoisotopic (exact) mass is 419 g/mol. The topological polar surface area (TPSA) is 78.5 Å². The number of urea groups is 1. The Labute approximate surface area is 178 Å². The van der Waals surface area contributed by atoms with Gasteiger partial charge in [0.2, 0.25) is 5.91 Å². The molecule has 2 N–H and O–H groups in total. The normalized spacial score (nSPS) is 18.3. The third-order valence-electron chi connectivity index (χ3n) is 5.10. The lowest BCUT2D eigenvalue weighted by molar-refractivity contribution is -0.135. The summed E-state index contributed by atoms with van der Waals surface area (Å²) < 4.78 is 0. The molecule has 0 saturated carbocycles. The molecule has 2 aromatic carbocycles. The molecule has 0 spiro atoms. The third-order valence-corrected chi connectivity index (χ3v) is 5.97. The van der Waals surface area contributed by atoms with Gasteiger partial charge in [0.25, 0.3) is 5.91 Å². The molecular formula is C23H21N3O3S. The van der Waals surface area contributed by atoms with Crippen LogP contribution in [0.1, 0.15) is 16.0 Å². The number of carbonyl (C=O) groups excluding carboxylic acids is 3. The molecule has 0 radical (unpaired) electrons. The molecule has 1 atom stereocenters. The van der Waals surface area contributed by atoms with E-state index in [0.29, 0.717) is 18.5 Å². The number of carbonyl (C=O) groups is 3. The van der Waals surface area contributed by atoms with Gasteiger partial charge in [-0.2, -0.15) is 0 Å². The van der Waals surface area contributed by atoms with Gasteiger partial charge in [-0.25, -0.2) is 4.79 Å². The van der Waals surface area contributed by atoms with E-state index >= 15 is 0 Å². The summed E-state index contributed by atoms with van der Waals surface area (Å²) >= 11 is 1.53. The molecule has 152 valence electrons. The van der Waals surface area contributed by atoms with Crippen molar-refractivity contribution < 1.29 is 14.4 Å². The molecule has 0 unspecified atom stereocenters. The second kappa shape index (κ2) is 8.51. The second-order valence-electron chi connectivity index (χ2n) is 7.11. The van der Waals surface area contributed by atoms with Gasteiger partial charge in [-0.1, -0.05) is 66.7 Å². The summed E-state index contributed by atoms with van der Waals surface area (Å²) in [6, 6.07) is 21.9. The first-order valence-electron chi connectivity index (χ1n) is 9.61. The van der Waals surface area contributed by atoms with Crippen LogP contribution in [0.4, 0.5) is 4.79 Å². The van der Waals surface area contributed by atoms with E-state index in [1.165, 1.54) is 11.3 Å². The predicted molar refractivity (Wildman–Crippen MR) is 115 cm³/mol. The lowest BCUT2D eigenvalue weighted by Gasteiger charge is -2.27. The second-order valence-corrected chi connectivity index (χ2v) is 8.14. The van der Waals surface area contributed by atoms with Crippen LogP contribution in [0, 0.1) is 0 Å². The third kappa shape index (κ3) is 3.97. The number of benzene rings is 2. The van der Waals surface area contributed by atoms with Crippen molar-refractivity contribution in [1.29, 1.82) is 0 Å². The van der Waals surface area contributed by atoms with Crippen molar-refractivity contribution in [2.45, 2.75) is 18.5 Å². The van der Waals surface area contributed by atoms with Crippen LogP contribution >= 0.6 is 11.3 Å². The van der Waals surface area contributed by atoms with Crippen molar-refractivity contribution in [3.8, 4) is 0 Å². The minimum Gasteiger partial charge on any atom is -0.350 e. The van der Waals surface area contributed by atoms with E-state index in [4.69, 9.17) is 0 Å². The maximum atomic E-state index is 13.5. The molecule has 4 rings (SSSR count). The smallest absolute Gasteiger partial charge is 0.325 e. The molecule has 3 aromatic rings. The van der Waals surface area contributed by atoms with Crippen molar-refractivity contribution in [2.24, 2.45) is 0 Å². The van der Waals surface area contributed by atoms with Crippen molar-refractivity contribution in [3.05, 3.63) is 94.2 Å². The highest BCUT2D eigenvalue weighted by Crippen LogP contribution is 2.32. The number of nitrogens with one attached hydrogen (secondary N) is 2.